The highest BCUT2D eigenvalue weighted by Gasteiger charge is 2.13. The van der Waals surface area contributed by atoms with Crippen molar-refractivity contribution >= 4 is 39.8 Å². The summed E-state index contributed by atoms with van der Waals surface area (Å²) in [6.45, 7) is 3.27. The summed E-state index contributed by atoms with van der Waals surface area (Å²) in [6, 6.07) is 16.8. The summed E-state index contributed by atoms with van der Waals surface area (Å²) in [5, 5.41) is 6.37. The number of aliphatic imine (C=N–C) groups is 1. The van der Waals surface area contributed by atoms with Crippen LogP contribution in [0.15, 0.2) is 64.5 Å². The highest BCUT2D eigenvalue weighted by Crippen LogP contribution is 2.10. The number of hydrogen-bond acceptors (Lipinski definition) is 3. The molecule has 0 aliphatic carbocycles. The Morgan fingerprint density at radius 2 is 1.65 bits per heavy atom. The Hall–Kier alpha value is -1.61. The van der Waals surface area contributed by atoms with Crippen LogP contribution < -0.4 is 10.6 Å². The van der Waals surface area contributed by atoms with Crippen molar-refractivity contribution < 1.29 is 8.42 Å². The van der Waals surface area contributed by atoms with Crippen LogP contribution in [0.1, 0.15) is 17.5 Å². The fourth-order valence-corrected chi connectivity index (χ4v) is 3.66. The number of nitrogens with zero attached hydrogens (tertiary/aromatic N) is 1. The summed E-state index contributed by atoms with van der Waals surface area (Å²) >= 11 is 0. The first-order valence-electron chi connectivity index (χ1n) is 8.29. The van der Waals surface area contributed by atoms with Gasteiger partial charge >= 0.3 is 0 Å². The molecule has 2 rings (SSSR count). The van der Waals surface area contributed by atoms with Crippen LogP contribution in [-0.2, 0) is 16.4 Å². The second-order valence-corrected chi connectivity index (χ2v) is 7.93. The lowest BCUT2D eigenvalue weighted by molar-refractivity contribution is 0.592. The fourth-order valence-electron chi connectivity index (χ4n) is 2.33. The molecule has 5 nitrogen and oxygen atoms in total. The molecule has 0 bridgehead atoms. The van der Waals surface area contributed by atoms with Gasteiger partial charge in [-0.1, -0.05) is 48.0 Å². The summed E-state index contributed by atoms with van der Waals surface area (Å²) in [6.07, 6.45) is 0.516. The van der Waals surface area contributed by atoms with E-state index in [-0.39, 0.29) is 29.7 Å². The minimum absolute atomic E-state index is 0. The van der Waals surface area contributed by atoms with Gasteiger partial charge < -0.3 is 10.6 Å². The van der Waals surface area contributed by atoms with Crippen LogP contribution in [0.5, 0.6) is 0 Å². The molecule has 0 saturated heterocycles. The average molecular weight is 487 g/mol. The van der Waals surface area contributed by atoms with E-state index >= 15 is 0 Å². The number of benzene rings is 2. The summed E-state index contributed by atoms with van der Waals surface area (Å²) in [5.41, 5.74) is 2.39. The highest BCUT2D eigenvalue weighted by molar-refractivity contribution is 14.0. The lowest BCUT2D eigenvalue weighted by Gasteiger charge is -2.12. The summed E-state index contributed by atoms with van der Waals surface area (Å²) < 4.78 is 24.4. The molecule has 0 aromatic heterocycles. The van der Waals surface area contributed by atoms with E-state index in [4.69, 9.17) is 0 Å². The van der Waals surface area contributed by atoms with Crippen LogP contribution in [0.3, 0.4) is 0 Å². The first-order chi connectivity index (χ1) is 12.0. The molecular formula is C19H26IN3O2S. The van der Waals surface area contributed by atoms with Gasteiger partial charge in [-0.05, 0) is 31.0 Å². The predicted octanol–water partition coefficient (Wildman–Crippen LogP) is 3.14. The molecule has 0 amide bonds. The van der Waals surface area contributed by atoms with Gasteiger partial charge in [-0.3, -0.25) is 4.99 Å². The molecule has 2 aromatic rings. The second kappa shape index (κ2) is 11.2. The molecule has 2 N–H and O–H groups in total. The van der Waals surface area contributed by atoms with E-state index in [0.717, 1.165) is 0 Å². The molecule has 0 aliphatic heterocycles. The SMILES string of the molecule is CN=C(NCCCS(=O)(=O)c1ccccc1)NCc1ccc(C)cc1.I. The van der Waals surface area contributed by atoms with Gasteiger partial charge in [-0.2, -0.15) is 0 Å². The number of nitrogens with one attached hydrogen (secondary N) is 2. The number of aryl methyl sites for hydroxylation is 1. The van der Waals surface area contributed by atoms with Crippen LogP contribution >= 0.6 is 24.0 Å². The Bertz CT molecular complexity index is 791. The number of rotatable bonds is 7. The third kappa shape index (κ3) is 7.33. The zero-order valence-corrected chi connectivity index (χ0v) is 18.3. The molecule has 0 spiro atoms. The Morgan fingerprint density at radius 3 is 2.27 bits per heavy atom. The van der Waals surface area contributed by atoms with Crippen molar-refractivity contribution in [3.8, 4) is 0 Å². The van der Waals surface area contributed by atoms with E-state index in [0.29, 0.717) is 30.4 Å². The van der Waals surface area contributed by atoms with Gasteiger partial charge in [0, 0.05) is 20.1 Å². The summed E-state index contributed by atoms with van der Waals surface area (Å²) in [7, 11) is -1.52. The standard InChI is InChI=1S/C19H25N3O2S.HI/c1-16-9-11-17(12-10-16)15-22-19(20-2)21-13-6-14-25(23,24)18-7-4-3-5-8-18;/h3-5,7-12H,6,13-15H2,1-2H3,(H2,20,21,22);1H. The molecule has 0 fully saturated rings. The summed E-state index contributed by atoms with van der Waals surface area (Å²) in [5.74, 6) is 0.775. The normalized spacial score (nSPS) is 11.5. The molecule has 26 heavy (non-hydrogen) atoms. The number of sulfone groups is 1. The Morgan fingerprint density at radius 1 is 1.00 bits per heavy atom. The minimum atomic E-state index is -3.22. The maximum Gasteiger partial charge on any atom is 0.191 e. The topological polar surface area (TPSA) is 70.6 Å². The van der Waals surface area contributed by atoms with Crippen molar-refractivity contribution in [2.75, 3.05) is 19.3 Å². The van der Waals surface area contributed by atoms with E-state index in [1.165, 1.54) is 11.1 Å². The third-order valence-corrected chi connectivity index (χ3v) is 5.61. The predicted molar refractivity (Wildman–Crippen MR) is 118 cm³/mol. The lowest BCUT2D eigenvalue weighted by Crippen LogP contribution is -2.37. The first kappa shape index (κ1) is 22.4. The van der Waals surface area contributed by atoms with Gasteiger partial charge in [0.2, 0.25) is 0 Å². The van der Waals surface area contributed by atoms with Crippen LogP contribution in [-0.4, -0.2) is 33.7 Å². The monoisotopic (exact) mass is 487 g/mol. The molecule has 0 unspecified atom stereocenters. The van der Waals surface area contributed by atoms with Crippen molar-refractivity contribution in [2.24, 2.45) is 4.99 Å². The highest BCUT2D eigenvalue weighted by atomic mass is 127. The Kier molecular flexibility index (Phi) is 9.64. The van der Waals surface area contributed by atoms with Gasteiger partial charge in [-0.15, -0.1) is 24.0 Å². The van der Waals surface area contributed by atoms with Crippen molar-refractivity contribution in [1.82, 2.24) is 10.6 Å². The molecule has 0 atom stereocenters. The van der Waals surface area contributed by atoms with E-state index in [1.54, 1.807) is 31.3 Å². The van der Waals surface area contributed by atoms with Crippen molar-refractivity contribution in [2.45, 2.75) is 24.8 Å². The van der Waals surface area contributed by atoms with Crippen LogP contribution in [0.4, 0.5) is 0 Å². The zero-order chi connectivity index (χ0) is 18.1. The molecule has 142 valence electrons. The number of hydrogen-bond donors (Lipinski definition) is 2. The quantitative estimate of drug-likeness (QED) is 0.273. The Labute approximate surface area is 173 Å². The third-order valence-electron chi connectivity index (χ3n) is 3.79. The molecule has 7 heteroatoms. The van der Waals surface area contributed by atoms with Crippen molar-refractivity contribution in [1.29, 1.82) is 0 Å². The van der Waals surface area contributed by atoms with E-state index in [1.807, 2.05) is 6.07 Å². The van der Waals surface area contributed by atoms with Crippen molar-refractivity contribution in [3.05, 3.63) is 65.7 Å². The maximum absolute atomic E-state index is 12.2. The average Bonchev–Trinajstić information content (AvgIpc) is 2.63. The van der Waals surface area contributed by atoms with Crippen LogP contribution in [0.2, 0.25) is 0 Å². The molecular weight excluding hydrogens is 461 g/mol. The van der Waals surface area contributed by atoms with Gasteiger partial charge in [0.25, 0.3) is 0 Å². The van der Waals surface area contributed by atoms with E-state index < -0.39 is 9.84 Å². The maximum atomic E-state index is 12.2. The largest absolute Gasteiger partial charge is 0.356 e. The van der Waals surface area contributed by atoms with Gasteiger partial charge in [-0.25, -0.2) is 8.42 Å². The van der Waals surface area contributed by atoms with E-state index in [2.05, 4.69) is 46.8 Å². The molecule has 0 radical (unpaired) electrons. The lowest BCUT2D eigenvalue weighted by atomic mass is 10.1. The minimum Gasteiger partial charge on any atom is -0.356 e. The number of guanidine groups is 1. The van der Waals surface area contributed by atoms with Crippen molar-refractivity contribution in [3.63, 3.8) is 0 Å². The van der Waals surface area contributed by atoms with Gasteiger partial charge in [0.05, 0.1) is 10.6 Å². The smallest absolute Gasteiger partial charge is 0.191 e. The zero-order valence-electron chi connectivity index (χ0n) is 15.1. The second-order valence-electron chi connectivity index (χ2n) is 5.82. The molecule has 0 aliphatic rings. The molecule has 0 heterocycles. The number of halogens is 1. The van der Waals surface area contributed by atoms with Gasteiger partial charge in [0.15, 0.2) is 15.8 Å². The Balaban J connectivity index is 0.00000338. The van der Waals surface area contributed by atoms with Gasteiger partial charge in [0.1, 0.15) is 0 Å². The molecule has 2 aromatic carbocycles. The van der Waals surface area contributed by atoms with Crippen LogP contribution in [0.25, 0.3) is 0 Å². The summed E-state index contributed by atoms with van der Waals surface area (Å²) in [4.78, 5) is 4.53. The fraction of sp³-hybridized carbons (Fsp3) is 0.316. The molecule has 0 saturated carbocycles. The first-order valence-corrected chi connectivity index (χ1v) is 9.94. The van der Waals surface area contributed by atoms with Crippen LogP contribution in [0, 0.1) is 6.92 Å². The van der Waals surface area contributed by atoms with E-state index in [9.17, 15) is 8.42 Å².